The van der Waals surface area contributed by atoms with Crippen LogP contribution in [0, 0.1) is 0 Å². The molecule has 0 unspecified atom stereocenters. The van der Waals surface area contributed by atoms with Crippen LogP contribution in [0.1, 0.15) is 31.7 Å². The molecule has 50 heavy (non-hydrogen) atoms. The smallest absolute Gasteiger partial charge is 0.417 e. The molecule has 4 heterocycles. The van der Waals surface area contributed by atoms with Gasteiger partial charge in [-0.25, -0.2) is 19.3 Å². The molecule has 4 aromatic heterocycles. The van der Waals surface area contributed by atoms with Gasteiger partial charge in [-0.15, -0.1) is 13.2 Å². The minimum atomic E-state index is -4.92. The molecule has 264 valence electrons. The average Bonchev–Trinajstić information content (AvgIpc) is 3.03. The van der Waals surface area contributed by atoms with Crippen molar-refractivity contribution in [2.75, 3.05) is 6.54 Å². The van der Waals surface area contributed by atoms with Gasteiger partial charge in [0, 0.05) is 59.4 Å². The van der Waals surface area contributed by atoms with Gasteiger partial charge in [0.1, 0.15) is 13.1 Å². The summed E-state index contributed by atoms with van der Waals surface area (Å²) in [6.45, 7) is -2.20. The maximum atomic E-state index is 13.4. The molecule has 0 aromatic carbocycles. The van der Waals surface area contributed by atoms with Crippen molar-refractivity contribution in [1.82, 2.24) is 40.2 Å². The van der Waals surface area contributed by atoms with E-state index in [0.717, 1.165) is 47.0 Å². The van der Waals surface area contributed by atoms with E-state index in [0.29, 0.717) is 5.56 Å². The van der Waals surface area contributed by atoms with Gasteiger partial charge in [0.25, 0.3) is 11.1 Å². The van der Waals surface area contributed by atoms with Crippen molar-refractivity contribution in [1.29, 1.82) is 0 Å². The van der Waals surface area contributed by atoms with Gasteiger partial charge >= 0.3 is 13.0 Å². The Kier molecular flexibility index (Phi) is 10.5. The quantitative estimate of drug-likeness (QED) is 0.197. The van der Waals surface area contributed by atoms with Gasteiger partial charge in [0.05, 0.1) is 11.4 Å². The van der Waals surface area contributed by atoms with Gasteiger partial charge in [-0.2, -0.15) is 19.0 Å². The number of carbonyl (C=O) groups is 2. The lowest BCUT2D eigenvalue weighted by Gasteiger charge is -2.39. The fourth-order valence-electron chi connectivity index (χ4n) is 5.02. The maximum absolute atomic E-state index is 13.4. The van der Waals surface area contributed by atoms with E-state index in [1.165, 1.54) is 36.5 Å². The molecule has 4 aromatic rings. The summed E-state index contributed by atoms with van der Waals surface area (Å²) in [5.74, 6) is -2.11. The highest BCUT2D eigenvalue weighted by Gasteiger charge is 2.33. The van der Waals surface area contributed by atoms with Gasteiger partial charge in [0.2, 0.25) is 23.6 Å². The van der Waals surface area contributed by atoms with Crippen molar-refractivity contribution in [2.45, 2.75) is 64.2 Å². The van der Waals surface area contributed by atoms with E-state index >= 15 is 0 Å². The summed E-state index contributed by atoms with van der Waals surface area (Å²) in [6.07, 6.45) is -0.122. The molecule has 0 radical (unpaired) electrons. The molecule has 1 aliphatic carbocycles. The van der Waals surface area contributed by atoms with Crippen molar-refractivity contribution in [3.05, 3.63) is 81.1 Å². The molecule has 2 N–H and O–H groups in total. The highest BCUT2D eigenvalue weighted by molar-refractivity contribution is 5.77. The standard InChI is InChI=1S/C31H29F5N8O6/c1-30(10-2-11-30)40-24(46)17-44-28(48)18(13-22(42-44)20-3-6-25(38-15-20)49-29(32)33)9-12-37-23(45)16-43-27(47)8-5-21(41-43)19-4-7-26(39-14-19)50-31(34,35)36/h3-8,13-15,29H,2,9-12,16-17H2,1H3,(H,37,45)(H,40,46). The summed E-state index contributed by atoms with van der Waals surface area (Å²) in [6, 6.07) is 8.68. The highest BCUT2D eigenvalue weighted by Crippen LogP contribution is 2.31. The molecule has 1 fully saturated rings. The first-order chi connectivity index (χ1) is 23.7. The van der Waals surface area contributed by atoms with Crippen molar-refractivity contribution >= 4 is 11.8 Å². The molecule has 1 saturated carbocycles. The van der Waals surface area contributed by atoms with Crippen LogP contribution in [0.4, 0.5) is 22.0 Å². The molecule has 0 spiro atoms. The number of aromatic nitrogens is 6. The summed E-state index contributed by atoms with van der Waals surface area (Å²) in [4.78, 5) is 58.7. The van der Waals surface area contributed by atoms with Crippen LogP contribution in [-0.4, -0.2) is 66.4 Å². The fourth-order valence-corrected chi connectivity index (χ4v) is 5.02. The molecule has 5 rings (SSSR count). The predicted octanol–water partition coefficient (Wildman–Crippen LogP) is 2.84. The summed E-state index contributed by atoms with van der Waals surface area (Å²) in [5.41, 5.74) is -0.526. The monoisotopic (exact) mass is 704 g/mol. The number of halogens is 5. The van der Waals surface area contributed by atoms with Gasteiger partial charge in [-0.3, -0.25) is 19.2 Å². The summed E-state index contributed by atoms with van der Waals surface area (Å²) in [7, 11) is 0. The van der Waals surface area contributed by atoms with E-state index < -0.39 is 54.9 Å². The third kappa shape index (κ3) is 9.44. The van der Waals surface area contributed by atoms with E-state index in [1.807, 2.05) is 6.92 Å². The lowest BCUT2D eigenvalue weighted by Crippen LogP contribution is -2.52. The number of nitrogens with one attached hydrogen (secondary N) is 2. The number of amides is 2. The number of alkyl halides is 5. The highest BCUT2D eigenvalue weighted by atomic mass is 19.4. The Bertz CT molecular complexity index is 1960. The number of pyridine rings is 2. The lowest BCUT2D eigenvalue weighted by atomic mass is 9.78. The van der Waals surface area contributed by atoms with Gasteiger partial charge < -0.3 is 20.1 Å². The second-order valence-electron chi connectivity index (χ2n) is 11.5. The molecular weight excluding hydrogens is 675 g/mol. The molecule has 2 amide bonds. The van der Waals surface area contributed by atoms with Crippen LogP contribution in [0.15, 0.2) is 64.4 Å². The minimum absolute atomic E-state index is 0.0280. The molecule has 0 aliphatic heterocycles. The van der Waals surface area contributed by atoms with Crippen LogP contribution in [0.5, 0.6) is 11.8 Å². The average molecular weight is 705 g/mol. The molecular formula is C31H29F5N8O6. The van der Waals surface area contributed by atoms with E-state index in [2.05, 4.69) is 40.3 Å². The second kappa shape index (κ2) is 14.8. The zero-order chi connectivity index (χ0) is 36.1. The third-order valence-electron chi connectivity index (χ3n) is 7.61. The molecule has 14 nitrogen and oxygen atoms in total. The largest absolute Gasteiger partial charge is 0.574 e. The van der Waals surface area contributed by atoms with Crippen molar-refractivity contribution in [3.63, 3.8) is 0 Å². The molecule has 19 heteroatoms. The van der Waals surface area contributed by atoms with Crippen LogP contribution in [0.2, 0.25) is 0 Å². The SMILES string of the molecule is CC1(NC(=O)Cn2nc(-c3ccc(OC(F)F)nc3)cc(CCNC(=O)Cn3nc(-c4ccc(OC(F)(F)F)nc4)ccc3=O)c2=O)CCC1. The lowest BCUT2D eigenvalue weighted by molar-refractivity contribution is -0.276. The first kappa shape index (κ1) is 35.6. The predicted molar refractivity (Wildman–Crippen MR) is 164 cm³/mol. The normalized spacial score (nSPS) is 13.7. The Hall–Kier alpha value is -5.75. The van der Waals surface area contributed by atoms with Crippen LogP contribution in [0.3, 0.4) is 0 Å². The van der Waals surface area contributed by atoms with E-state index in [1.54, 1.807) is 0 Å². The Morgan fingerprint density at radius 1 is 0.900 bits per heavy atom. The molecule has 1 aliphatic rings. The van der Waals surface area contributed by atoms with E-state index in [4.69, 9.17) is 0 Å². The fraction of sp³-hybridized carbons (Fsp3) is 0.355. The van der Waals surface area contributed by atoms with Crippen LogP contribution >= 0.6 is 0 Å². The molecule has 0 saturated heterocycles. The van der Waals surface area contributed by atoms with Crippen molar-refractivity contribution in [3.8, 4) is 34.3 Å². The Labute approximate surface area is 279 Å². The number of carbonyl (C=O) groups excluding carboxylic acids is 2. The third-order valence-corrected chi connectivity index (χ3v) is 7.61. The van der Waals surface area contributed by atoms with Crippen LogP contribution in [0.25, 0.3) is 22.5 Å². The second-order valence-corrected chi connectivity index (χ2v) is 11.5. The Morgan fingerprint density at radius 2 is 1.54 bits per heavy atom. The minimum Gasteiger partial charge on any atom is -0.417 e. The van der Waals surface area contributed by atoms with E-state index in [-0.39, 0.29) is 46.9 Å². The zero-order valence-corrected chi connectivity index (χ0v) is 26.2. The topological polar surface area (TPSA) is 172 Å². The number of hydrogen-bond donors (Lipinski definition) is 2. The summed E-state index contributed by atoms with van der Waals surface area (Å²) >= 11 is 0. The number of ether oxygens (including phenoxy) is 2. The molecule has 0 atom stereocenters. The molecule has 0 bridgehead atoms. The number of rotatable bonds is 13. The van der Waals surface area contributed by atoms with Gasteiger partial charge in [-0.1, -0.05) is 0 Å². The van der Waals surface area contributed by atoms with Crippen LogP contribution in [-0.2, 0) is 29.1 Å². The summed E-state index contributed by atoms with van der Waals surface area (Å²) < 4.78 is 72.3. The van der Waals surface area contributed by atoms with E-state index in [9.17, 15) is 41.1 Å². The summed E-state index contributed by atoms with van der Waals surface area (Å²) in [5, 5.41) is 13.9. The number of nitrogens with zero attached hydrogens (tertiary/aromatic N) is 6. The number of hydrogen-bond acceptors (Lipinski definition) is 10. The maximum Gasteiger partial charge on any atom is 0.574 e. The van der Waals surface area contributed by atoms with Crippen LogP contribution < -0.4 is 31.2 Å². The first-order valence-corrected chi connectivity index (χ1v) is 15.1. The Morgan fingerprint density at radius 3 is 2.14 bits per heavy atom. The van der Waals surface area contributed by atoms with Crippen molar-refractivity contribution in [2.24, 2.45) is 0 Å². The first-order valence-electron chi connectivity index (χ1n) is 15.1. The van der Waals surface area contributed by atoms with Crippen molar-refractivity contribution < 1.29 is 41.0 Å². The van der Waals surface area contributed by atoms with Gasteiger partial charge in [-0.05, 0) is 56.9 Å². The van der Waals surface area contributed by atoms with Gasteiger partial charge in [0.15, 0.2) is 0 Å². The Balaban J connectivity index is 1.28. The zero-order valence-electron chi connectivity index (χ0n) is 26.2.